The molecule has 0 radical (unpaired) electrons. The van der Waals surface area contributed by atoms with Gasteiger partial charge >= 0.3 is 0 Å². The number of benzene rings is 1. The summed E-state index contributed by atoms with van der Waals surface area (Å²) in [5.41, 5.74) is 6.02. The van der Waals surface area contributed by atoms with E-state index < -0.39 is 0 Å². The van der Waals surface area contributed by atoms with Crippen LogP contribution >= 0.6 is 0 Å². The third-order valence-electron chi connectivity index (χ3n) is 9.90. The SMILES string of the molecule is COC1CCC(CC2CCC(CC3CCC(Cc4cc(C)c(C)c(C)c4)CC3)CC2)CC1. The van der Waals surface area contributed by atoms with Crippen molar-refractivity contribution in [2.24, 2.45) is 29.6 Å². The van der Waals surface area contributed by atoms with Crippen LogP contribution in [0.3, 0.4) is 0 Å². The van der Waals surface area contributed by atoms with Crippen molar-refractivity contribution in [2.75, 3.05) is 7.11 Å². The van der Waals surface area contributed by atoms with Crippen molar-refractivity contribution >= 4 is 0 Å². The molecule has 0 saturated heterocycles. The highest BCUT2D eigenvalue weighted by Crippen LogP contribution is 2.42. The van der Waals surface area contributed by atoms with Crippen LogP contribution in [0.5, 0.6) is 0 Å². The van der Waals surface area contributed by atoms with E-state index >= 15 is 0 Å². The molecule has 1 heteroatoms. The smallest absolute Gasteiger partial charge is 0.0571 e. The average Bonchev–Trinajstić information content (AvgIpc) is 2.80. The van der Waals surface area contributed by atoms with E-state index in [9.17, 15) is 0 Å². The van der Waals surface area contributed by atoms with E-state index in [2.05, 4.69) is 32.9 Å². The Hall–Kier alpha value is -0.820. The monoisotopic (exact) mass is 438 g/mol. The molecule has 0 bridgehead atoms. The minimum atomic E-state index is 0.558. The van der Waals surface area contributed by atoms with Gasteiger partial charge in [-0.15, -0.1) is 0 Å². The molecule has 1 aromatic carbocycles. The summed E-state index contributed by atoms with van der Waals surface area (Å²) in [6.45, 7) is 6.83. The Morgan fingerprint density at radius 1 is 0.594 bits per heavy atom. The molecule has 0 aliphatic heterocycles. The van der Waals surface area contributed by atoms with Crippen LogP contribution in [0.1, 0.15) is 112 Å². The van der Waals surface area contributed by atoms with Crippen molar-refractivity contribution in [2.45, 2.75) is 123 Å². The van der Waals surface area contributed by atoms with E-state index in [1.54, 1.807) is 12.0 Å². The maximum absolute atomic E-state index is 5.57. The highest BCUT2D eigenvalue weighted by molar-refractivity contribution is 5.37. The van der Waals surface area contributed by atoms with Gasteiger partial charge in [0.05, 0.1) is 6.10 Å². The van der Waals surface area contributed by atoms with Crippen LogP contribution in [-0.2, 0) is 11.2 Å². The lowest BCUT2D eigenvalue weighted by Gasteiger charge is -2.36. The van der Waals surface area contributed by atoms with E-state index in [4.69, 9.17) is 4.74 Å². The van der Waals surface area contributed by atoms with Crippen LogP contribution in [-0.4, -0.2) is 13.2 Å². The van der Waals surface area contributed by atoms with E-state index in [1.165, 1.54) is 107 Å². The van der Waals surface area contributed by atoms with Gasteiger partial charge in [-0.25, -0.2) is 0 Å². The molecule has 1 aromatic rings. The first kappa shape index (κ1) is 24.3. The predicted octanol–water partition coefficient (Wildman–Crippen LogP) is 8.75. The van der Waals surface area contributed by atoms with Crippen molar-refractivity contribution in [1.29, 1.82) is 0 Å². The summed E-state index contributed by atoms with van der Waals surface area (Å²) in [6.07, 6.45) is 22.4. The first-order valence-electron chi connectivity index (χ1n) is 14.1. The summed E-state index contributed by atoms with van der Waals surface area (Å²) < 4.78 is 5.57. The lowest BCUT2D eigenvalue weighted by atomic mass is 9.70. The molecule has 3 aliphatic rings. The van der Waals surface area contributed by atoms with Gasteiger partial charge in [0.15, 0.2) is 0 Å². The minimum Gasteiger partial charge on any atom is -0.381 e. The molecular formula is C31H50O. The molecule has 4 rings (SSSR count). The van der Waals surface area contributed by atoms with E-state index in [0.717, 1.165) is 29.6 Å². The largest absolute Gasteiger partial charge is 0.381 e. The summed E-state index contributed by atoms with van der Waals surface area (Å²) in [7, 11) is 1.89. The molecule has 0 atom stereocenters. The first-order valence-corrected chi connectivity index (χ1v) is 14.1. The van der Waals surface area contributed by atoms with Crippen LogP contribution < -0.4 is 0 Å². The fraction of sp³-hybridized carbons (Fsp3) is 0.806. The summed E-state index contributed by atoms with van der Waals surface area (Å²) in [4.78, 5) is 0. The number of methoxy groups -OCH3 is 1. The lowest BCUT2D eigenvalue weighted by molar-refractivity contribution is 0.0506. The maximum atomic E-state index is 5.57. The van der Waals surface area contributed by atoms with Crippen LogP contribution in [0.25, 0.3) is 0 Å². The van der Waals surface area contributed by atoms with E-state index in [-0.39, 0.29) is 0 Å². The van der Waals surface area contributed by atoms with Crippen LogP contribution in [0.4, 0.5) is 0 Å². The zero-order valence-electron chi connectivity index (χ0n) is 21.6. The number of aryl methyl sites for hydroxylation is 2. The minimum absolute atomic E-state index is 0.558. The number of hydrogen-bond donors (Lipinski definition) is 0. The fourth-order valence-electron chi connectivity index (χ4n) is 7.50. The van der Waals surface area contributed by atoms with Gasteiger partial charge in [0, 0.05) is 7.11 Å². The molecular weight excluding hydrogens is 388 g/mol. The van der Waals surface area contributed by atoms with Gasteiger partial charge < -0.3 is 4.74 Å². The molecule has 0 unspecified atom stereocenters. The molecule has 3 fully saturated rings. The second-order valence-electron chi connectivity index (χ2n) is 12.2. The van der Waals surface area contributed by atoms with Gasteiger partial charge in [0.1, 0.15) is 0 Å². The molecule has 0 amide bonds. The third-order valence-corrected chi connectivity index (χ3v) is 9.90. The second-order valence-corrected chi connectivity index (χ2v) is 12.2. The summed E-state index contributed by atoms with van der Waals surface area (Å²) in [5, 5.41) is 0. The number of ether oxygens (including phenoxy) is 1. The number of rotatable bonds is 7. The second kappa shape index (κ2) is 11.5. The van der Waals surface area contributed by atoms with E-state index in [0.29, 0.717) is 6.10 Å². The average molecular weight is 439 g/mol. The van der Waals surface area contributed by atoms with Crippen molar-refractivity contribution in [3.05, 3.63) is 34.4 Å². The van der Waals surface area contributed by atoms with Gasteiger partial charge in [-0.3, -0.25) is 0 Å². The fourth-order valence-corrected chi connectivity index (χ4v) is 7.50. The quantitative estimate of drug-likeness (QED) is 0.413. The number of hydrogen-bond acceptors (Lipinski definition) is 1. The molecule has 3 saturated carbocycles. The van der Waals surface area contributed by atoms with Crippen molar-refractivity contribution in [3.8, 4) is 0 Å². The highest BCUT2D eigenvalue weighted by Gasteiger charge is 2.29. The standard InChI is InChI=1S/C31H50O/c1-22-17-30(18-23(2)24(22)3)21-28-11-9-26(10-12-28)19-25-5-7-27(8-6-25)20-29-13-15-31(32-4)16-14-29/h17-18,25-29,31H,5-16,19-21H2,1-4H3. The Morgan fingerprint density at radius 2 is 0.969 bits per heavy atom. The lowest BCUT2D eigenvalue weighted by Crippen LogP contribution is -2.25. The van der Waals surface area contributed by atoms with Gasteiger partial charge in [0.25, 0.3) is 0 Å². The Kier molecular flexibility index (Phi) is 8.77. The summed E-state index contributed by atoms with van der Waals surface area (Å²) >= 11 is 0. The normalized spacial score (nSPS) is 33.9. The molecule has 0 spiro atoms. The van der Waals surface area contributed by atoms with Crippen LogP contribution in [0, 0.1) is 50.4 Å². The van der Waals surface area contributed by atoms with Crippen molar-refractivity contribution < 1.29 is 4.74 Å². The highest BCUT2D eigenvalue weighted by atomic mass is 16.5. The molecule has 1 nitrogen and oxygen atoms in total. The molecule has 3 aliphatic carbocycles. The Balaban J connectivity index is 1.13. The van der Waals surface area contributed by atoms with Gasteiger partial charge in [0.2, 0.25) is 0 Å². The molecule has 0 N–H and O–H groups in total. The summed E-state index contributed by atoms with van der Waals surface area (Å²) in [5.74, 6) is 5.03. The zero-order valence-corrected chi connectivity index (χ0v) is 21.6. The molecule has 32 heavy (non-hydrogen) atoms. The first-order chi connectivity index (χ1) is 15.5. The molecule has 0 heterocycles. The van der Waals surface area contributed by atoms with E-state index in [1.807, 2.05) is 7.11 Å². The third kappa shape index (κ3) is 6.62. The maximum Gasteiger partial charge on any atom is 0.0571 e. The van der Waals surface area contributed by atoms with Gasteiger partial charge in [-0.2, -0.15) is 0 Å². The van der Waals surface area contributed by atoms with Crippen LogP contribution in [0.15, 0.2) is 12.1 Å². The van der Waals surface area contributed by atoms with Crippen molar-refractivity contribution in [1.82, 2.24) is 0 Å². The Morgan fingerprint density at radius 3 is 1.38 bits per heavy atom. The van der Waals surface area contributed by atoms with Gasteiger partial charge in [-0.1, -0.05) is 50.7 Å². The van der Waals surface area contributed by atoms with Gasteiger partial charge in [-0.05, 0) is 130 Å². The molecule has 180 valence electrons. The Labute approximate surface area is 199 Å². The predicted molar refractivity (Wildman–Crippen MR) is 137 cm³/mol. The Bertz CT molecular complexity index is 674. The topological polar surface area (TPSA) is 9.23 Å². The summed E-state index contributed by atoms with van der Waals surface area (Å²) in [6, 6.07) is 4.91. The molecule has 0 aromatic heterocycles. The zero-order chi connectivity index (χ0) is 22.5. The van der Waals surface area contributed by atoms with Crippen LogP contribution in [0.2, 0.25) is 0 Å². The van der Waals surface area contributed by atoms with Crippen molar-refractivity contribution in [3.63, 3.8) is 0 Å².